The van der Waals surface area contributed by atoms with Crippen LogP contribution in [-0.2, 0) is 6.54 Å². The number of hydrogen-bond donors (Lipinski definition) is 1. The van der Waals surface area contributed by atoms with E-state index in [2.05, 4.69) is 4.90 Å². The number of rotatable bonds is 3. The summed E-state index contributed by atoms with van der Waals surface area (Å²) >= 11 is 0. The molecule has 2 fully saturated rings. The van der Waals surface area contributed by atoms with Crippen molar-refractivity contribution in [3.8, 4) is 0 Å². The third-order valence-corrected chi connectivity index (χ3v) is 4.88. The van der Waals surface area contributed by atoms with Crippen molar-refractivity contribution in [2.24, 2.45) is 17.6 Å². The van der Waals surface area contributed by atoms with Crippen LogP contribution in [-0.4, -0.2) is 29.0 Å². The predicted octanol–water partition coefficient (Wildman–Crippen LogP) is 2.29. The minimum atomic E-state index is -0.707. The van der Waals surface area contributed by atoms with Gasteiger partial charge in [-0.15, -0.1) is 0 Å². The molecule has 1 saturated carbocycles. The lowest BCUT2D eigenvalue weighted by atomic mass is 9.78. The number of fused-ring (bicyclic) bond motifs is 1. The Balaban J connectivity index is 1.73. The first-order valence-electron chi connectivity index (χ1n) is 7.46. The second-order valence-electron chi connectivity index (χ2n) is 6.22. The van der Waals surface area contributed by atoms with E-state index >= 15 is 0 Å². The molecular weight excluding hydrogens is 273 g/mol. The second kappa shape index (κ2) is 5.69. The zero-order valence-electron chi connectivity index (χ0n) is 11.9. The summed E-state index contributed by atoms with van der Waals surface area (Å²) in [5.74, 6) is 0.373. The molecule has 0 amide bonds. The lowest BCUT2D eigenvalue weighted by Crippen LogP contribution is -2.38. The summed E-state index contributed by atoms with van der Waals surface area (Å²) in [6.45, 7) is 2.21. The first-order chi connectivity index (χ1) is 10.1. The van der Waals surface area contributed by atoms with E-state index in [1.165, 1.54) is 18.9 Å². The van der Waals surface area contributed by atoms with E-state index in [1.807, 2.05) is 0 Å². The lowest BCUT2D eigenvalue weighted by Gasteiger charge is -2.29. The minimum absolute atomic E-state index is 0.240. The molecule has 1 saturated heterocycles. The van der Waals surface area contributed by atoms with E-state index in [4.69, 9.17) is 5.73 Å². The molecule has 3 atom stereocenters. The number of benzene rings is 1. The molecule has 1 aliphatic carbocycles. The predicted molar refractivity (Wildman–Crippen MR) is 77.1 cm³/mol. The molecule has 3 unspecified atom stereocenters. The molecule has 1 heterocycles. The number of nitro benzene ring substituents is 1. The highest BCUT2D eigenvalue weighted by Gasteiger charge is 2.38. The fraction of sp³-hybridized carbons (Fsp3) is 0.600. The second-order valence-corrected chi connectivity index (χ2v) is 6.22. The Kier molecular flexibility index (Phi) is 3.91. The van der Waals surface area contributed by atoms with Crippen LogP contribution < -0.4 is 5.73 Å². The van der Waals surface area contributed by atoms with Gasteiger partial charge >= 0.3 is 5.69 Å². The Labute approximate surface area is 123 Å². The lowest BCUT2D eigenvalue weighted by molar-refractivity contribution is -0.387. The van der Waals surface area contributed by atoms with Gasteiger partial charge in [0.25, 0.3) is 0 Å². The van der Waals surface area contributed by atoms with Crippen molar-refractivity contribution >= 4 is 5.69 Å². The van der Waals surface area contributed by atoms with Gasteiger partial charge in [-0.1, -0.05) is 18.6 Å². The van der Waals surface area contributed by atoms with Crippen LogP contribution >= 0.6 is 0 Å². The van der Waals surface area contributed by atoms with Gasteiger partial charge in [0.2, 0.25) is 5.82 Å². The smallest absolute Gasteiger partial charge is 0.305 e. The third kappa shape index (κ3) is 2.78. The van der Waals surface area contributed by atoms with Crippen molar-refractivity contribution in [2.75, 3.05) is 13.1 Å². The number of halogens is 1. The highest BCUT2D eigenvalue weighted by molar-refractivity contribution is 5.36. The Morgan fingerprint density at radius 2 is 2.19 bits per heavy atom. The van der Waals surface area contributed by atoms with Crippen molar-refractivity contribution in [3.63, 3.8) is 0 Å². The third-order valence-electron chi connectivity index (χ3n) is 4.88. The monoisotopic (exact) mass is 293 g/mol. The Bertz CT molecular complexity index is 552. The molecule has 5 nitrogen and oxygen atoms in total. The van der Waals surface area contributed by atoms with Crippen molar-refractivity contribution in [3.05, 3.63) is 39.7 Å². The summed E-state index contributed by atoms with van der Waals surface area (Å²) in [7, 11) is 0. The fourth-order valence-electron chi connectivity index (χ4n) is 3.81. The van der Waals surface area contributed by atoms with Crippen molar-refractivity contribution in [1.29, 1.82) is 0 Å². The summed E-state index contributed by atoms with van der Waals surface area (Å²) in [6, 6.07) is 4.62. The minimum Gasteiger partial charge on any atom is -0.327 e. The first kappa shape index (κ1) is 14.4. The van der Waals surface area contributed by atoms with Crippen LogP contribution in [0.3, 0.4) is 0 Å². The van der Waals surface area contributed by atoms with E-state index in [1.54, 1.807) is 12.1 Å². The summed E-state index contributed by atoms with van der Waals surface area (Å²) in [6.07, 6.45) is 3.42. The van der Waals surface area contributed by atoms with Crippen LogP contribution in [0.4, 0.5) is 10.1 Å². The molecule has 0 bridgehead atoms. The van der Waals surface area contributed by atoms with E-state index in [0.717, 1.165) is 19.5 Å². The average Bonchev–Trinajstić information content (AvgIpc) is 2.85. The molecule has 0 radical (unpaired) electrons. The maximum atomic E-state index is 14.1. The van der Waals surface area contributed by atoms with E-state index < -0.39 is 16.4 Å². The zero-order chi connectivity index (χ0) is 15.0. The van der Waals surface area contributed by atoms with Gasteiger partial charge in [-0.25, -0.2) is 0 Å². The normalized spacial score (nSPS) is 29.3. The van der Waals surface area contributed by atoms with Crippen LogP contribution in [0.2, 0.25) is 0 Å². The van der Waals surface area contributed by atoms with Crippen LogP contribution in [0.5, 0.6) is 0 Å². The topological polar surface area (TPSA) is 72.4 Å². The van der Waals surface area contributed by atoms with E-state index in [-0.39, 0.29) is 6.04 Å². The number of likely N-dealkylation sites (tertiary alicyclic amines) is 1. The molecule has 21 heavy (non-hydrogen) atoms. The molecular formula is C15H20FN3O2. The van der Waals surface area contributed by atoms with E-state index in [0.29, 0.717) is 23.9 Å². The van der Waals surface area contributed by atoms with Crippen molar-refractivity contribution in [1.82, 2.24) is 4.90 Å². The van der Waals surface area contributed by atoms with Crippen molar-refractivity contribution in [2.45, 2.75) is 31.8 Å². The molecule has 0 aromatic heterocycles. The number of nitrogens with two attached hydrogens (primary N) is 1. The summed E-state index contributed by atoms with van der Waals surface area (Å²) in [4.78, 5) is 12.3. The molecule has 6 heteroatoms. The van der Waals surface area contributed by atoms with Gasteiger partial charge in [-0.05, 0) is 24.7 Å². The van der Waals surface area contributed by atoms with Gasteiger partial charge in [0.05, 0.1) is 4.92 Å². The summed E-state index contributed by atoms with van der Waals surface area (Å²) < 4.78 is 14.1. The summed E-state index contributed by atoms with van der Waals surface area (Å²) in [5.41, 5.74) is 6.13. The highest BCUT2D eigenvalue weighted by atomic mass is 19.1. The van der Waals surface area contributed by atoms with Gasteiger partial charge in [0, 0.05) is 37.3 Å². The van der Waals surface area contributed by atoms with Gasteiger partial charge in [-0.2, -0.15) is 4.39 Å². The number of nitro groups is 1. The van der Waals surface area contributed by atoms with Gasteiger partial charge < -0.3 is 5.73 Å². The largest absolute Gasteiger partial charge is 0.327 e. The Morgan fingerprint density at radius 3 is 2.90 bits per heavy atom. The van der Waals surface area contributed by atoms with Gasteiger partial charge in [0.15, 0.2) is 0 Å². The molecule has 2 N–H and O–H groups in total. The van der Waals surface area contributed by atoms with Gasteiger partial charge in [-0.3, -0.25) is 15.0 Å². The molecule has 1 aliphatic heterocycles. The fourth-order valence-corrected chi connectivity index (χ4v) is 3.81. The molecule has 0 spiro atoms. The van der Waals surface area contributed by atoms with Crippen LogP contribution in [0, 0.1) is 27.8 Å². The number of nitrogens with zero attached hydrogens (tertiary/aromatic N) is 2. The van der Waals surface area contributed by atoms with Gasteiger partial charge in [0.1, 0.15) is 0 Å². The molecule has 1 aromatic rings. The van der Waals surface area contributed by atoms with Crippen LogP contribution in [0.1, 0.15) is 24.8 Å². The molecule has 1 aromatic carbocycles. The Morgan fingerprint density at radius 1 is 1.38 bits per heavy atom. The van der Waals surface area contributed by atoms with E-state index in [9.17, 15) is 14.5 Å². The Hall–Kier alpha value is -1.53. The molecule has 114 valence electrons. The molecule has 2 aliphatic rings. The highest BCUT2D eigenvalue weighted by Crippen LogP contribution is 2.36. The quantitative estimate of drug-likeness (QED) is 0.685. The standard InChI is InChI=1S/C15H20FN3O2/c16-15-11(4-2-6-14(15)19(20)21)8-18-7-10-3-1-5-13(17)12(10)9-18/h2,4,6,10,12-13H,1,3,5,7-9,17H2. The van der Waals surface area contributed by atoms with Crippen molar-refractivity contribution < 1.29 is 9.31 Å². The SMILES string of the molecule is NC1CCCC2CN(Cc3cccc([N+](=O)[O-])c3F)CC12. The maximum Gasteiger partial charge on any atom is 0.305 e. The molecule has 3 rings (SSSR count). The van der Waals surface area contributed by atoms with Crippen LogP contribution in [0.25, 0.3) is 0 Å². The maximum absolute atomic E-state index is 14.1. The summed E-state index contributed by atoms with van der Waals surface area (Å²) in [5, 5.41) is 10.8. The average molecular weight is 293 g/mol. The number of hydrogen-bond acceptors (Lipinski definition) is 4. The zero-order valence-corrected chi connectivity index (χ0v) is 11.9. The van der Waals surface area contributed by atoms with Crippen LogP contribution in [0.15, 0.2) is 18.2 Å². The first-order valence-corrected chi connectivity index (χ1v) is 7.46.